The molecule has 1 aliphatic rings. The number of pyridine rings is 1. The molecule has 4 rings (SSSR count). The van der Waals surface area contributed by atoms with Gasteiger partial charge >= 0.3 is 0 Å². The van der Waals surface area contributed by atoms with Gasteiger partial charge in [-0.05, 0) is 37.1 Å². The fourth-order valence-electron chi connectivity index (χ4n) is 3.38. The predicted octanol–water partition coefficient (Wildman–Crippen LogP) is 1.51. The third kappa shape index (κ3) is 4.88. The number of hydrogen-bond donors (Lipinski definition) is 2. The maximum Gasteiger partial charge on any atom is 0.225 e. The Morgan fingerprint density at radius 1 is 1.13 bits per heavy atom. The number of fused-ring (bicyclic) bond motifs is 1. The van der Waals surface area contributed by atoms with Gasteiger partial charge in [-0.25, -0.2) is 4.98 Å². The molecule has 2 amide bonds. The molecule has 30 heavy (non-hydrogen) atoms. The first kappa shape index (κ1) is 19.7. The molecular weight excluding hydrogens is 384 g/mol. The first-order valence-electron chi connectivity index (χ1n) is 10.1. The smallest absolute Gasteiger partial charge is 0.225 e. The Kier molecular flexibility index (Phi) is 6.11. The van der Waals surface area contributed by atoms with Crippen molar-refractivity contribution < 1.29 is 9.59 Å². The molecule has 2 N–H and O–H groups in total. The molecule has 3 aromatic heterocycles. The molecule has 0 atom stereocenters. The second-order valence-electron chi connectivity index (χ2n) is 7.13. The summed E-state index contributed by atoms with van der Waals surface area (Å²) in [7, 11) is 0. The Balaban J connectivity index is 1.30. The van der Waals surface area contributed by atoms with Crippen LogP contribution in [0.1, 0.15) is 31.5 Å². The van der Waals surface area contributed by atoms with Gasteiger partial charge in [0.25, 0.3) is 0 Å². The monoisotopic (exact) mass is 408 g/mol. The van der Waals surface area contributed by atoms with E-state index < -0.39 is 0 Å². The molecule has 0 spiro atoms. The fourth-order valence-corrected chi connectivity index (χ4v) is 3.38. The van der Waals surface area contributed by atoms with Crippen LogP contribution in [0.25, 0.3) is 5.65 Å². The van der Waals surface area contributed by atoms with Gasteiger partial charge in [0, 0.05) is 45.1 Å². The van der Waals surface area contributed by atoms with Crippen molar-refractivity contribution in [2.75, 3.05) is 30.3 Å². The number of aryl methyl sites for hydroxylation is 1. The van der Waals surface area contributed by atoms with Gasteiger partial charge < -0.3 is 15.5 Å². The van der Waals surface area contributed by atoms with E-state index in [0.717, 1.165) is 25.9 Å². The number of likely N-dealkylation sites (tertiary alicyclic amines) is 1. The van der Waals surface area contributed by atoms with Gasteiger partial charge in [-0.3, -0.25) is 9.59 Å². The molecular formula is C20H24N8O2. The molecule has 3 aromatic rings. The standard InChI is InChI=1S/C20H24N8O2/c29-19(23-15-5-1-2-11-21-15)10-9-18-25-24-17-8-7-16(26-28(17)18)22-12-4-14-27-13-3-6-20(27)30/h1-2,5,7-8,11H,3-4,6,9-10,12-14H2,(H,22,26)(H,21,23,29). The molecule has 0 saturated carbocycles. The first-order valence-corrected chi connectivity index (χ1v) is 10.1. The average Bonchev–Trinajstić information content (AvgIpc) is 3.36. The number of nitrogens with zero attached hydrogens (tertiary/aromatic N) is 6. The van der Waals surface area contributed by atoms with E-state index in [9.17, 15) is 9.59 Å². The summed E-state index contributed by atoms with van der Waals surface area (Å²) < 4.78 is 1.65. The van der Waals surface area contributed by atoms with Crippen molar-refractivity contribution in [2.45, 2.75) is 32.1 Å². The number of nitrogens with one attached hydrogen (secondary N) is 2. The minimum atomic E-state index is -0.142. The van der Waals surface area contributed by atoms with Gasteiger partial charge in [-0.15, -0.1) is 15.3 Å². The predicted molar refractivity (Wildman–Crippen MR) is 111 cm³/mol. The van der Waals surface area contributed by atoms with Crippen LogP contribution in [0, 0.1) is 0 Å². The summed E-state index contributed by atoms with van der Waals surface area (Å²) in [5, 5.41) is 18.8. The summed E-state index contributed by atoms with van der Waals surface area (Å²) in [5.74, 6) is 1.95. The number of rotatable bonds is 9. The topological polar surface area (TPSA) is 117 Å². The van der Waals surface area contributed by atoms with E-state index >= 15 is 0 Å². The first-order chi connectivity index (χ1) is 14.7. The second-order valence-corrected chi connectivity index (χ2v) is 7.13. The summed E-state index contributed by atoms with van der Waals surface area (Å²) >= 11 is 0. The number of carbonyl (C=O) groups is 2. The molecule has 156 valence electrons. The third-order valence-electron chi connectivity index (χ3n) is 4.92. The maximum absolute atomic E-state index is 12.1. The van der Waals surface area contributed by atoms with Crippen LogP contribution in [0.5, 0.6) is 0 Å². The molecule has 4 heterocycles. The summed E-state index contributed by atoms with van der Waals surface area (Å²) in [6.07, 6.45) is 4.77. The van der Waals surface area contributed by atoms with Crippen molar-refractivity contribution in [3.05, 3.63) is 42.4 Å². The fraction of sp³-hybridized carbons (Fsp3) is 0.400. The van der Waals surface area contributed by atoms with Crippen molar-refractivity contribution in [2.24, 2.45) is 0 Å². The Morgan fingerprint density at radius 2 is 2.07 bits per heavy atom. The molecule has 0 unspecified atom stereocenters. The Morgan fingerprint density at radius 3 is 2.87 bits per heavy atom. The quantitative estimate of drug-likeness (QED) is 0.515. The van der Waals surface area contributed by atoms with E-state index in [1.165, 1.54) is 0 Å². The van der Waals surface area contributed by atoms with Crippen LogP contribution in [0.15, 0.2) is 36.5 Å². The van der Waals surface area contributed by atoms with Crippen LogP contribution >= 0.6 is 0 Å². The van der Waals surface area contributed by atoms with Crippen LogP contribution < -0.4 is 10.6 Å². The number of aromatic nitrogens is 5. The molecule has 0 aromatic carbocycles. The van der Waals surface area contributed by atoms with Crippen LogP contribution in [0.2, 0.25) is 0 Å². The van der Waals surface area contributed by atoms with Gasteiger partial charge in [-0.1, -0.05) is 6.07 Å². The highest BCUT2D eigenvalue weighted by Crippen LogP contribution is 2.11. The molecule has 1 fully saturated rings. The molecule has 10 nitrogen and oxygen atoms in total. The second kappa shape index (κ2) is 9.29. The minimum absolute atomic E-state index is 0.142. The molecule has 10 heteroatoms. The van der Waals surface area contributed by atoms with E-state index in [0.29, 0.717) is 42.5 Å². The Bertz CT molecular complexity index is 1020. The van der Waals surface area contributed by atoms with Gasteiger partial charge in [0.2, 0.25) is 11.8 Å². The summed E-state index contributed by atoms with van der Waals surface area (Å²) in [6, 6.07) is 9.03. The SMILES string of the molecule is O=C(CCc1nnc2ccc(NCCCN3CCCC3=O)nn12)Nc1ccccn1. The number of hydrogen-bond acceptors (Lipinski definition) is 7. The Hall–Kier alpha value is -3.56. The van der Waals surface area contributed by atoms with E-state index in [-0.39, 0.29) is 18.2 Å². The van der Waals surface area contributed by atoms with Crippen LogP contribution in [0.4, 0.5) is 11.6 Å². The van der Waals surface area contributed by atoms with E-state index in [1.807, 2.05) is 23.1 Å². The molecule has 0 bridgehead atoms. The molecule has 1 aliphatic heterocycles. The molecule has 0 aliphatic carbocycles. The van der Waals surface area contributed by atoms with Gasteiger partial charge in [0.05, 0.1) is 0 Å². The number of anilines is 2. The zero-order valence-electron chi connectivity index (χ0n) is 16.6. The minimum Gasteiger partial charge on any atom is -0.369 e. The summed E-state index contributed by atoms with van der Waals surface area (Å²) in [4.78, 5) is 29.8. The van der Waals surface area contributed by atoms with Crippen molar-refractivity contribution in [1.29, 1.82) is 0 Å². The zero-order valence-corrected chi connectivity index (χ0v) is 16.6. The summed E-state index contributed by atoms with van der Waals surface area (Å²) in [6.45, 7) is 2.34. The third-order valence-corrected chi connectivity index (χ3v) is 4.92. The lowest BCUT2D eigenvalue weighted by atomic mass is 10.3. The van der Waals surface area contributed by atoms with Gasteiger partial charge in [0.15, 0.2) is 11.5 Å². The Labute approximate surface area is 173 Å². The maximum atomic E-state index is 12.1. The number of carbonyl (C=O) groups excluding carboxylic acids is 2. The van der Waals surface area contributed by atoms with Crippen LogP contribution in [-0.4, -0.2) is 61.1 Å². The van der Waals surface area contributed by atoms with Crippen molar-refractivity contribution in [1.82, 2.24) is 29.7 Å². The van der Waals surface area contributed by atoms with Crippen molar-refractivity contribution in [3.8, 4) is 0 Å². The average molecular weight is 408 g/mol. The highest BCUT2D eigenvalue weighted by Gasteiger charge is 2.19. The van der Waals surface area contributed by atoms with E-state index in [2.05, 4.69) is 30.9 Å². The zero-order chi connectivity index (χ0) is 20.8. The lowest BCUT2D eigenvalue weighted by Crippen LogP contribution is -2.27. The van der Waals surface area contributed by atoms with Gasteiger partial charge in [-0.2, -0.15) is 4.52 Å². The lowest BCUT2D eigenvalue weighted by Gasteiger charge is -2.15. The molecule has 1 saturated heterocycles. The van der Waals surface area contributed by atoms with Crippen molar-refractivity contribution in [3.63, 3.8) is 0 Å². The summed E-state index contributed by atoms with van der Waals surface area (Å²) in [5.41, 5.74) is 0.628. The van der Waals surface area contributed by atoms with Gasteiger partial charge in [0.1, 0.15) is 11.6 Å². The van der Waals surface area contributed by atoms with Crippen LogP contribution in [-0.2, 0) is 16.0 Å². The van der Waals surface area contributed by atoms with Crippen molar-refractivity contribution >= 4 is 29.1 Å². The normalized spacial score (nSPS) is 13.7. The van der Waals surface area contributed by atoms with E-state index in [1.54, 1.807) is 22.8 Å². The lowest BCUT2D eigenvalue weighted by molar-refractivity contribution is -0.127. The number of amides is 2. The largest absolute Gasteiger partial charge is 0.369 e. The van der Waals surface area contributed by atoms with E-state index in [4.69, 9.17) is 0 Å². The van der Waals surface area contributed by atoms with Crippen LogP contribution in [0.3, 0.4) is 0 Å². The molecule has 0 radical (unpaired) electrons. The highest BCUT2D eigenvalue weighted by atomic mass is 16.2. The highest BCUT2D eigenvalue weighted by molar-refractivity contribution is 5.89.